The van der Waals surface area contributed by atoms with Crippen LogP contribution in [0.5, 0.6) is 0 Å². The molecule has 200 valence electrons. The summed E-state index contributed by atoms with van der Waals surface area (Å²) in [5.41, 5.74) is 7.42. The highest BCUT2D eigenvalue weighted by Gasteiger charge is 2.22. The number of hydrogen-bond donors (Lipinski definition) is 0. The topological polar surface area (TPSA) is 134 Å². The van der Waals surface area contributed by atoms with E-state index in [2.05, 4.69) is 24.3 Å². The van der Waals surface area contributed by atoms with Crippen LogP contribution < -0.4 is 0 Å². The van der Waals surface area contributed by atoms with Crippen LogP contribution in [0.25, 0.3) is 66.5 Å². The van der Waals surface area contributed by atoms with Gasteiger partial charge in [-0.25, -0.2) is 15.0 Å². The first-order valence-corrected chi connectivity index (χ1v) is 13.6. The van der Waals surface area contributed by atoms with Crippen molar-refractivity contribution in [2.75, 3.05) is 0 Å². The first kappa shape index (κ1) is 26.0. The second-order valence-electron chi connectivity index (χ2n) is 10.1. The lowest BCUT2D eigenvalue weighted by molar-refractivity contribution is 1.29. The number of benzene rings is 5. The van der Waals surface area contributed by atoms with Crippen molar-refractivity contribution in [3.8, 4) is 58.0 Å². The van der Waals surface area contributed by atoms with Gasteiger partial charge in [0.15, 0.2) is 0 Å². The summed E-state index contributed by atoms with van der Waals surface area (Å²) in [5, 5.41) is 41.2. The molecule has 2 aromatic heterocycles. The summed E-state index contributed by atoms with van der Waals surface area (Å²) in [6.45, 7) is 0. The van der Waals surface area contributed by atoms with Gasteiger partial charge in [0.2, 0.25) is 0 Å². The van der Waals surface area contributed by atoms with E-state index in [9.17, 15) is 21.0 Å². The average Bonchev–Trinajstić information content (AvgIpc) is 3.10. The molecule has 0 radical (unpaired) electrons. The van der Waals surface area contributed by atoms with Gasteiger partial charge in [-0.2, -0.15) is 21.0 Å². The Morgan fingerprint density at radius 3 is 1.66 bits per heavy atom. The third-order valence-electron chi connectivity index (χ3n) is 7.60. The van der Waals surface area contributed by atoms with E-state index < -0.39 is 0 Å². The summed E-state index contributed by atoms with van der Waals surface area (Å²) in [4.78, 5) is 15.3. The molecule has 7 heteroatoms. The van der Waals surface area contributed by atoms with E-state index in [-0.39, 0.29) is 0 Å². The van der Waals surface area contributed by atoms with E-state index in [0.29, 0.717) is 72.2 Å². The Kier molecular flexibility index (Phi) is 6.19. The molecule has 0 saturated carbocycles. The Bertz CT molecular complexity index is 2470. The zero-order chi connectivity index (χ0) is 30.2. The molecule has 7 nitrogen and oxygen atoms in total. The molecule has 0 aliphatic carbocycles. The fraction of sp³-hybridized carbons (Fsp3) is 0. The minimum Gasteiger partial charge on any atom is -0.247 e. The molecule has 7 rings (SSSR count). The summed E-state index contributed by atoms with van der Waals surface area (Å²) >= 11 is 0. The number of hydrogen-bond acceptors (Lipinski definition) is 7. The highest BCUT2D eigenvalue weighted by atomic mass is 14.8. The van der Waals surface area contributed by atoms with E-state index in [1.807, 2.05) is 60.7 Å². The van der Waals surface area contributed by atoms with Gasteiger partial charge in [0.05, 0.1) is 80.2 Å². The molecule has 0 saturated heterocycles. The van der Waals surface area contributed by atoms with Crippen molar-refractivity contribution in [2.45, 2.75) is 0 Å². The van der Waals surface area contributed by atoms with Crippen LogP contribution in [0.2, 0.25) is 0 Å². The van der Waals surface area contributed by atoms with Crippen LogP contribution in [0.3, 0.4) is 0 Å². The van der Waals surface area contributed by atoms with Gasteiger partial charge in [0, 0.05) is 32.8 Å². The molecular weight excluding hydrogens is 542 g/mol. The van der Waals surface area contributed by atoms with E-state index in [4.69, 9.17) is 15.0 Å². The number of nitriles is 4. The third kappa shape index (κ3) is 4.15. The quantitative estimate of drug-likeness (QED) is 0.201. The van der Waals surface area contributed by atoms with Crippen molar-refractivity contribution in [1.82, 2.24) is 15.0 Å². The maximum atomic E-state index is 10.4. The fourth-order valence-electron chi connectivity index (χ4n) is 5.54. The van der Waals surface area contributed by atoms with Gasteiger partial charge >= 0.3 is 0 Å². The second-order valence-corrected chi connectivity index (χ2v) is 10.1. The van der Waals surface area contributed by atoms with E-state index in [1.165, 1.54) is 0 Å². The standard InChI is InChI=1S/C37H17N7/c38-18-22-9-13-24(14-10-22)34-35(25-15-11-23(19-39)12-16-25)44-37-31(43-34)17-27(21-41)32-33(37)29-7-3-4-8-30(29)42-36(32)28-6-2-1-5-26(28)20-40/h1-17H. The Morgan fingerprint density at radius 1 is 0.455 bits per heavy atom. The molecule has 2 heterocycles. The molecule has 0 N–H and O–H groups in total. The Hall–Kier alpha value is -6.93. The monoisotopic (exact) mass is 559 g/mol. The largest absolute Gasteiger partial charge is 0.247 e. The zero-order valence-electron chi connectivity index (χ0n) is 22.9. The molecular formula is C37H17N7. The molecule has 7 aromatic rings. The van der Waals surface area contributed by atoms with Gasteiger partial charge in [0.25, 0.3) is 0 Å². The third-order valence-corrected chi connectivity index (χ3v) is 7.60. The van der Waals surface area contributed by atoms with Crippen LogP contribution in [0, 0.1) is 45.3 Å². The van der Waals surface area contributed by atoms with Crippen molar-refractivity contribution in [2.24, 2.45) is 0 Å². The van der Waals surface area contributed by atoms with Crippen LogP contribution in [0.1, 0.15) is 22.3 Å². The number of rotatable bonds is 3. The van der Waals surface area contributed by atoms with Gasteiger partial charge < -0.3 is 0 Å². The molecule has 44 heavy (non-hydrogen) atoms. The molecule has 0 fully saturated rings. The lowest BCUT2D eigenvalue weighted by Crippen LogP contribution is -2.00. The van der Waals surface area contributed by atoms with Crippen molar-refractivity contribution in [3.05, 3.63) is 125 Å². The van der Waals surface area contributed by atoms with Crippen LogP contribution in [0.15, 0.2) is 103 Å². The molecule has 0 aliphatic heterocycles. The number of nitrogens with zero attached hydrogens (tertiary/aromatic N) is 7. The smallest absolute Gasteiger partial charge is 0.0999 e. The number of para-hydroxylation sites is 1. The zero-order valence-corrected chi connectivity index (χ0v) is 22.9. The highest BCUT2D eigenvalue weighted by Crippen LogP contribution is 2.41. The molecule has 0 bridgehead atoms. The lowest BCUT2D eigenvalue weighted by atomic mass is 9.93. The Labute approximate surface area is 251 Å². The van der Waals surface area contributed by atoms with E-state index in [1.54, 1.807) is 42.5 Å². The van der Waals surface area contributed by atoms with Gasteiger partial charge in [-0.15, -0.1) is 0 Å². The molecule has 0 aliphatic rings. The summed E-state index contributed by atoms with van der Waals surface area (Å²) < 4.78 is 0. The van der Waals surface area contributed by atoms with Gasteiger partial charge in [-0.1, -0.05) is 60.7 Å². The SMILES string of the molecule is N#Cc1ccc(-c2nc3cc(C#N)c4c(-c5ccccc5C#N)nc5ccccc5c4c3nc2-c2ccc(C#N)cc2)cc1. The van der Waals surface area contributed by atoms with Crippen LogP contribution in [-0.4, -0.2) is 15.0 Å². The summed E-state index contributed by atoms with van der Waals surface area (Å²) in [6.07, 6.45) is 0. The Morgan fingerprint density at radius 2 is 1.02 bits per heavy atom. The lowest BCUT2D eigenvalue weighted by Gasteiger charge is -2.16. The maximum absolute atomic E-state index is 10.4. The number of aromatic nitrogens is 3. The van der Waals surface area contributed by atoms with E-state index >= 15 is 0 Å². The number of fused-ring (bicyclic) bond motifs is 5. The van der Waals surface area contributed by atoms with Crippen LogP contribution in [-0.2, 0) is 0 Å². The first-order chi connectivity index (χ1) is 21.6. The second kappa shape index (κ2) is 10.5. The average molecular weight is 560 g/mol. The molecule has 0 spiro atoms. The normalized spacial score (nSPS) is 10.6. The van der Waals surface area contributed by atoms with E-state index in [0.717, 1.165) is 16.5 Å². The first-order valence-electron chi connectivity index (χ1n) is 13.6. The van der Waals surface area contributed by atoms with Gasteiger partial charge in [-0.3, -0.25) is 0 Å². The summed E-state index contributed by atoms with van der Waals surface area (Å²) in [5.74, 6) is 0. The van der Waals surface area contributed by atoms with Crippen molar-refractivity contribution >= 4 is 32.7 Å². The maximum Gasteiger partial charge on any atom is 0.0999 e. The highest BCUT2D eigenvalue weighted by molar-refractivity contribution is 6.23. The summed E-state index contributed by atoms with van der Waals surface area (Å²) in [7, 11) is 0. The van der Waals surface area contributed by atoms with Crippen molar-refractivity contribution in [1.29, 1.82) is 21.0 Å². The predicted octanol–water partition coefficient (Wildman–Crippen LogP) is 7.82. The van der Waals surface area contributed by atoms with Gasteiger partial charge in [-0.05, 0) is 42.5 Å². The molecule has 0 atom stereocenters. The molecule has 0 unspecified atom stereocenters. The molecule has 0 amide bonds. The number of pyridine rings is 1. The van der Waals surface area contributed by atoms with Crippen LogP contribution in [0.4, 0.5) is 0 Å². The van der Waals surface area contributed by atoms with Crippen molar-refractivity contribution in [3.63, 3.8) is 0 Å². The minimum atomic E-state index is 0.361. The molecule has 5 aromatic carbocycles. The predicted molar refractivity (Wildman–Crippen MR) is 168 cm³/mol. The fourth-order valence-corrected chi connectivity index (χ4v) is 5.54. The minimum absolute atomic E-state index is 0.361. The summed E-state index contributed by atoms with van der Waals surface area (Å²) in [6, 6.07) is 39.7. The van der Waals surface area contributed by atoms with Crippen LogP contribution >= 0.6 is 0 Å². The van der Waals surface area contributed by atoms with Gasteiger partial charge in [0.1, 0.15) is 0 Å². The Balaban J connectivity index is 1.67. The van der Waals surface area contributed by atoms with Crippen molar-refractivity contribution < 1.29 is 0 Å².